The van der Waals surface area contributed by atoms with Gasteiger partial charge >= 0.3 is 5.97 Å². The van der Waals surface area contributed by atoms with Crippen LogP contribution in [-0.2, 0) is 32.6 Å². The average Bonchev–Trinajstić information content (AvgIpc) is 3.14. The van der Waals surface area contributed by atoms with Crippen molar-refractivity contribution in [3.05, 3.63) is 59.4 Å². The smallest absolute Gasteiger partial charge is 0.338 e. The third-order valence-corrected chi connectivity index (χ3v) is 7.20. The molecule has 8 nitrogen and oxygen atoms in total. The van der Waals surface area contributed by atoms with Gasteiger partial charge in [-0.1, -0.05) is 17.7 Å². The number of fused-ring (bicyclic) bond motifs is 1. The number of nitrogens with zero attached hydrogens (tertiary/aromatic N) is 3. The molecule has 1 aliphatic rings. The molecular weight excluding hydrogens is 418 g/mol. The molecule has 9 heteroatoms. The zero-order valence-corrected chi connectivity index (χ0v) is 18.4. The summed E-state index contributed by atoms with van der Waals surface area (Å²) in [5.74, 6) is 0.147. The Labute approximate surface area is 181 Å². The molecule has 0 atom stereocenters. The van der Waals surface area contributed by atoms with Gasteiger partial charge in [0, 0.05) is 19.6 Å². The standard InChI is InChI=1S/C22H25N3O5S/c1-3-25-20-8-7-18(31(27,28)24-9-11-29-12-10-24)14-19(20)23-21(25)15-30-22(26)17-6-4-5-16(2)13-17/h4-8,13-14H,3,9-12,15H2,1-2H3. The number of esters is 1. The zero-order valence-electron chi connectivity index (χ0n) is 17.6. The van der Waals surface area contributed by atoms with Gasteiger partial charge in [-0.25, -0.2) is 18.2 Å². The fraction of sp³-hybridized carbons (Fsp3) is 0.364. The van der Waals surface area contributed by atoms with E-state index in [1.54, 1.807) is 30.3 Å². The molecule has 0 bridgehead atoms. The van der Waals surface area contributed by atoms with Gasteiger partial charge in [0.2, 0.25) is 10.0 Å². The van der Waals surface area contributed by atoms with Crippen molar-refractivity contribution in [3.63, 3.8) is 0 Å². The van der Waals surface area contributed by atoms with Crippen LogP contribution in [0.3, 0.4) is 0 Å². The number of hydrogen-bond donors (Lipinski definition) is 0. The van der Waals surface area contributed by atoms with Gasteiger partial charge in [-0.3, -0.25) is 0 Å². The molecule has 164 valence electrons. The Bertz CT molecular complexity index is 1210. The molecule has 4 rings (SSSR count). The van der Waals surface area contributed by atoms with Crippen LogP contribution >= 0.6 is 0 Å². The summed E-state index contributed by atoms with van der Waals surface area (Å²) in [6, 6.07) is 12.1. The molecule has 0 aliphatic carbocycles. The fourth-order valence-electron chi connectivity index (χ4n) is 3.70. The van der Waals surface area contributed by atoms with Crippen LogP contribution in [0.4, 0.5) is 0 Å². The number of carbonyl (C=O) groups is 1. The number of morpholine rings is 1. The van der Waals surface area contributed by atoms with Crippen molar-refractivity contribution >= 4 is 27.0 Å². The van der Waals surface area contributed by atoms with Gasteiger partial charge < -0.3 is 14.0 Å². The van der Waals surface area contributed by atoms with Crippen molar-refractivity contribution < 1.29 is 22.7 Å². The van der Waals surface area contributed by atoms with Gasteiger partial charge in [0.1, 0.15) is 12.4 Å². The monoisotopic (exact) mass is 443 g/mol. The summed E-state index contributed by atoms with van der Waals surface area (Å²) >= 11 is 0. The van der Waals surface area contributed by atoms with Crippen LogP contribution in [-0.4, -0.2) is 54.5 Å². The lowest BCUT2D eigenvalue weighted by Gasteiger charge is -2.26. The van der Waals surface area contributed by atoms with Gasteiger partial charge in [0.15, 0.2) is 0 Å². The number of carbonyl (C=O) groups excluding carboxylic acids is 1. The Kier molecular flexibility index (Phi) is 6.08. The van der Waals surface area contributed by atoms with E-state index in [2.05, 4.69) is 4.98 Å². The van der Waals surface area contributed by atoms with Gasteiger partial charge in [0.05, 0.1) is 34.7 Å². The number of rotatable bonds is 6. The van der Waals surface area contributed by atoms with Crippen LogP contribution in [0.1, 0.15) is 28.7 Å². The number of benzene rings is 2. The average molecular weight is 444 g/mol. The van der Waals surface area contributed by atoms with E-state index in [1.807, 2.05) is 30.5 Å². The predicted molar refractivity (Wildman–Crippen MR) is 115 cm³/mol. The summed E-state index contributed by atoms with van der Waals surface area (Å²) in [4.78, 5) is 17.2. The summed E-state index contributed by atoms with van der Waals surface area (Å²) in [6.07, 6.45) is 0. The topological polar surface area (TPSA) is 90.7 Å². The highest BCUT2D eigenvalue weighted by molar-refractivity contribution is 7.89. The maximum atomic E-state index is 13.0. The second kappa shape index (κ2) is 8.78. The highest BCUT2D eigenvalue weighted by atomic mass is 32.2. The van der Waals surface area contributed by atoms with Gasteiger partial charge in [-0.2, -0.15) is 4.31 Å². The Morgan fingerprint density at radius 2 is 1.94 bits per heavy atom. The number of sulfonamides is 1. The summed E-state index contributed by atoms with van der Waals surface area (Å²) in [7, 11) is -3.61. The number of aryl methyl sites for hydroxylation is 2. The van der Waals surface area contributed by atoms with Crippen molar-refractivity contribution in [2.75, 3.05) is 26.3 Å². The molecule has 1 saturated heterocycles. The highest BCUT2D eigenvalue weighted by Crippen LogP contribution is 2.24. The molecular formula is C22H25N3O5S. The molecule has 0 N–H and O–H groups in total. The summed E-state index contributed by atoms with van der Waals surface area (Å²) in [6.45, 7) is 5.95. The van der Waals surface area contributed by atoms with Crippen LogP contribution in [0, 0.1) is 6.92 Å². The Morgan fingerprint density at radius 1 is 1.16 bits per heavy atom. The van der Waals surface area contributed by atoms with Gasteiger partial charge in [0.25, 0.3) is 0 Å². The first-order valence-electron chi connectivity index (χ1n) is 10.2. The molecule has 2 heterocycles. The molecule has 0 spiro atoms. The van der Waals surface area contributed by atoms with Crippen molar-refractivity contribution in [1.82, 2.24) is 13.9 Å². The minimum Gasteiger partial charge on any atom is -0.454 e. The molecule has 0 saturated carbocycles. The van der Waals surface area contributed by atoms with E-state index in [0.717, 1.165) is 11.1 Å². The first-order valence-corrected chi connectivity index (χ1v) is 11.6. The van der Waals surface area contributed by atoms with E-state index in [0.29, 0.717) is 49.8 Å². The van der Waals surface area contributed by atoms with Crippen molar-refractivity contribution in [2.45, 2.75) is 31.9 Å². The van der Waals surface area contributed by atoms with Crippen LogP contribution in [0.2, 0.25) is 0 Å². The summed E-state index contributed by atoms with van der Waals surface area (Å²) in [5, 5.41) is 0. The maximum absolute atomic E-state index is 13.0. The molecule has 1 aliphatic heterocycles. The van der Waals surface area contributed by atoms with E-state index in [4.69, 9.17) is 9.47 Å². The lowest BCUT2D eigenvalue weighted by molar-refractivity contribution is 0.0458. The minimum absolute atomic E-state index is 0.000836. The predicted octanol–water partition coefficient (Wildman–Crippen LogP) is 2.74. The Balaban J connectivity index is 1.59. The number of imidazole rings is 1. The minimum atomic E-state index is -3.61. The second-order valence-electron chi connectivity index (χ2n) is 7.38. The molecule has 3 aromatic rings. The van der Waals surface area contributed by atoms with Gasteiger partial charge in [-0.15, -0.1) is 0 Å². The molecule has 1 aromatic heterocycles. The molecule has 0 radical (unpaired) electrons. The lowest BCUT2D eigenvalue weighted by Crippen LogP contribution is -2.40. The zero-order chi connectivity index (χ0) is 22.0. The number of hydrogen-bond acceptors (Lipinski definition) is 6. The van der Waals surface area contributed by atoms with Crippen LogP contribution in [0.15, 0.2) is 47.4 Å². The number of ether oxygens (including phenoxy) is 2. The van der Waals surface area contributed by atoms with Crippen molar-refractivity contribution in [3.8, 4) is 0 Å². The Hall–Kier alpha value is -2.75. The van der Waals surface area contributed by atoms with E-state index in [-0.39, 0.29) is 11.5 Å². The summed E-state index contributed by atoms with van der Waals surface area (Å²) in [5.41, 5.74) is 2.81. The molecule has 1 fully saturated rings. The van der Waals surface area contributed by atoms with Crippen LogP contribution in [0.25, 0.3) is 11.0 Å². The van der Waals surface area contributed by atoms with E-state index in [9.17, 15) is 13.2 Å². The number of aromatic nitrogens is 2. The third-order valence-electron chi connectivity index (χ3n) is 5.31. The fourth-order valence-corrected chi connectivity index (χ4v) is 5.13. The second-order valence-corrected chi connectivity index (χ2v) is 9.32. The first-order chi connectivity index (χ1) is 14.9. The lowest BCUT2D eigenvalue weighted by atomic mass is 10.1. The molecule has 2 aromatic carbocycles. The largest absolute Gasteiger partial charge is 0.454 e. The van der Waals surface area contributed by atoms with Crippen LogP contribution < -0.4 is 0 Å². The first kappa shape index (κ1) is 21.5. The maximum Gasteiger partial charge on any atom is 0.338 e. The van der Waals surface area contributed by atoms with Crippen LogP contribution in [0.5, 0.6) is 0 Å². The highest BCUT2D eigenvalue weighted by Gasteiger charge is 2.27. The van der Waals surface area contributed by atoms with E-state index in [1.165, 1.54) is 4.31 Å². The third kappa shape index (κ3) is 4.34. The Morgan fingerprint density at radius 3 is 2.65 bits per heavy atom. The van der Waals surface area contributed by atoms with E-state index >= 15 is 0 Å². The SMILES string of the molecule is CCn1c(COC(=O)c2cccc(C)c2)nc2cc(S(=O)(=O)N3CCOCC3)ccc21. The van der Waals surface area contributed by atoms with E-state index < -0.39 is 16.0 Å². The molecule has 0 amide bonds. The normalized spacial score (nSPS) is 15.3. The quantitative estimate of drug-likeness (QED) is 0.544. The van der Waals surface area contributed by atoms with Gasteiger partial charge in [-0.05, 0) is 44.2 Å². The molecule has 0 unspecified atom stereocenters. The summed E-state index contributed by atoms with van der Waals surface area (Å²) < 4.78 is 40.0. The van der Waals surface area contributed by atoms with Crippen molar-refractivity contribution in [2.24, 2.45) is 0 Å². The molecule has 31 heavy (non-hydrogen) atoms. The van der Waals surface area contributed by atoms with Crippen molar-refractivity contribution in [1.29, 1.82) is 0 Å².